The quantitative estimate of drug-likeness (QED) is 0.119. The Hall–Kier alpha value is -8.12. The fraction of sp³-hybridized carbons (Fsp3) is 0.257. The van der Waals surface area contributed by atoms with E-state index in [2.05, 4.69) is 80.1 Å². The molecule has 0 unspecified atom stereocenters. The molecule has 3 saturated heterocycles. The van der Waals surface area contributed by atoms with E-state index in [4.69, 9.17) is 69.4 Å². The number of benzene rings is 6. The van der Waals surface area contributed by atoms with Crippen molar-refractivity contribution in [3.8, 4) is 90.6 Å². The summed E-state index contributed by atoms with van der Waals surface area (Å²) in [6.45, 7) is 24.5. The van der Waals surface area contributed by atoms with Crippen LogP contribution in [0.3, 0.4) is 0 Å². The maximum atomic E-state index is 6.26. The largest absolute Gasteiger partial charge is 0.494 e. The van der Waals surface area contributed by atoms with Crippen LogP contribution in [0.5, 0.6) is 0 Å². The summed E-state index contributed by atoms with van der Waals surface area (Å²) in [7, 11) is -1.35. The smallest absolute Gasteiger partial charge is 0.405 e. The van der Waals surface area contributed by atoms with Gasteiger partial charge in [-0.2, -0.15) is 0 Å². The van der Waals surface area contributed by atoms with E-state index in [1.165, 1.54) is 0 Å². The number of halogens is 1. The fourth-order valence-electron chi connectivity index (χ4n) is 9.83. The third kappa shape index (κ3) is 13.5. The van der Waals surface area contributed by atoms with Gasteiger partial charge in [0.25, 0.3) is 0 Å². The van der Waals surface area contributed by atoms with Gasteiger partial charge in [-0.1, -0.05) is 157 Å². The first-order valence-electron chi connectivity index (χ1n) is 29.5. The zero-order chi connectivity index (χ0) is 62.1. The van der Waals surface area contributed by atoms with Crippen LogP contribution in [0.4, 0.5) is 0 Å². The van der Waals surface area contributed by atoms with E-state index in [9.17, 15) is 0 Å². The molecule has 3 aliphatic heterocycles. The van der Waals surface area contributed by atoms with E-state index in [0.717, 1.165) is 61.1 Å². The molecular formula is C70H70B3ClN8O6. The molecule has 13 rings (SSSR count). The summed E-state index contributed by atoms with van der Waals surface area (Å²) in [5.41, 5.74) is 8.50. The molecule has 3 fully saturated rings. The normalized spacial score (nSPS) is 17.4. The number of pyridine rings is 2. The van der Waals surface area contributed by atoms with Gasteiger partial charge in [0.05, 0.1) is 33.6 Å². The van der Waals surface area contributed by atoms with Crippen molar-refractivity contribution in [3.63, 3.8) is 0 Å². The molecule has 0 spiro atoms. The van der Waals surface area contributed by atoms with Crippen LogP contribution in [0, 0.1) is 0 Å². The fourth-order valence-corrected chi connectivity index (χ4v) is 10.0. The minimum atomic E-state index is -0.476. The van der Waals surface area contributed by atoms with Gasteiger partial charge in [-0.05, 0) is 147 Å². The van der Waals surface area contributed by atoms with Crippen molar-refractivity contribution in [3.05, 3.63) is 212 Å². The Morgan fingerprint density at radius 1 is 0.284 bits per heavy atom. The first-order valence-corrected chi connectivity index (χ1v) is 29.9. The van der Waals surface area contributed by atoms with Gasteiger partial charge in [-0.25, -0.2) is 29.9 Å². The van der Waals surface area contributed by atoms with Crippen molar-refractivity contribution < 1.29 is 27.9 Å². The van der Waals surface area contributed by atoms with Gasteiger partial charge in [-0.15, -0.1) is 0 Å². The number of aromatic nitrogens is 8. The lowest BCUT2D eigenvalue weighted by Crippen LogP contribution is -2.41. The first kappa shape index (κ1) is 61.5. The molecule has 7 heterocycles. The maximum Gasteiger partial charge on any atom is 0.494 e. The molecular weight excluding hydrogens is 1120 g/mol. The van der Waals surface area contributed by atoms with Crippen LogP contribution < -0.4 is 5.46 Å². The highest BCUT2D eigenvalue weighted by molar-refractivity contribution is 7.11. The maximum absolute atomic E-state index is 6.26. The molecule has 3 aliphatic rings. The van der Waals surface area contributed by atoms with Crippen LogP contribution in [0.1, 0.15) is 83.1 Å². The lowest BCUT2D eigenvalue weighted by molar-refractivity contribution is 0.00578. The molecule has 14 nitrogen and oxygen atoms in total. The standard InChI is InChI=1S/C32H29BN4O2.C26H17ClN4.C12H24B2O4/c1-31(2)32(3,4)39-33(38-31)27-14-8-12-25(20-27)22-15-17-24(18-16-22)29-35-28(23-10-6-5-7-11-23)36-30(37-29)26-13-9-19-34-21-26;27-23-10-4-8-21(16-23)18-11-13-20(14-12-18)25-29-24(19-6-2-1-3-7-19)30-26(31-25)22-9-5-15-28-17-22;1-9(2)10(3,4)16-13(15-9)14-17-11(5,6)12(7,8)18-14/h5-21H,1-4H3;1-17H;1-8H3. The lowest BCUT2D eigenvalue weighted by Gasteiger charge is -2.32. The SMILES string of the molecule is CC1(C)OB(B2OC(C)(C)C(C)(C)O2)OC1(C)C.CC1(C)OB(c2cccc(-c3ccc(-c4nc(-c5ccccc5)nc(-c5cccnc5)n4)cc3)c2)OC1(C)C.Clc1cccc(-c2ccc(-c3nc(-c4ccccc4)nc(-c4cccnc4)n3)cc2)c1. The highest BCUT2D eigenvalue weighted by atomic mass is 35.5. The Morgan fingerprint density at radius 3 is 0.932 bits per heavy atom. The molecule has 0 atom stereocenters. The van der Waals surface area contributed by atoms with Gasteiger partial charge in [0.2, 0.25) is 0 Å². The number of rotatable bonds is 10. The van der Waals surface area contributed by atoms with Crippen molar-refractivity contribution >= 4 is 38.2 Å². The molecule has 0 N–H and O–H groups in total. The monoisotopic (exact) mass is 1190 g/mol. The van der Waals surface area contributed by atoms with E-state index in [1.807, 2.05) is 195 Å². The van der Waals surface area contributed by atoms with E-state index in [0.29, 0.717) is 40.0 Å². The molecule has 88 heavy (non-hydrogen) atoms. The molecule has 0 amide bonds. The van der Waals surface area contributed by atoms with Gasteiger partial charge < -0.3 is 27.9 Å². The van der Waals surface area contributed by atoms with Crippen molar-refractivity contribution in [2.45, 2.75) is 117 Å². The third-order valence-corrected chi connectivity index (χ3v) is 17.4. The molecule has 10 aromatic rings. The lowest BCUT2D eigenvalue weighted by atomic mass is 9.49. The van der Waals surface area contributed by atoms with E-state index >= 15 is 0 Å². The zero-order valence-electron chi connectivity index (χ0n) is 51.8. The molecule has 0 aliphatic carbocycles. The van der Waals surface area contributed by atoms with Crippen molar-refractivity contribution in [2.24, 2.45) is 0 Å². The minimum absolute atomic E-state index is 0.360. The molecule has 18 heteroatoms. The summed E-state index contributed by atoms with van der Waals surface area (Å²) in [5, 5.41) is 0.715. The summed E-state index contributed by atoms with van der Waals surface area (Å²) >= 11 is 6.14. The van der Waals surface area contributed by atoms with Gasteiger partial charge in [0.1, 0.15) is 0 Å². The van der Waals surface area contributed by atoms with Gasteiger partial charge in [0.15, 0.2) is 34.9 Å². The van der Waals surface area contributed by atoms with E-state index in [-0.39, 0.29) is 33.6 Å². The molecule has 0 saturated carbocycles. The third-order valence-electron chi connectivity index (χ3n) is 17.1. The molecule has 0 radical (unpaired) electrons. The Bertz CT molecular complexity index is 3840. The first-order chi connectivity index (χ1) is 41.9. The van der Waals surface area contributed by atoms with Crippen LogP contribution in [0.2, 0.25) is 5.02 Å². The van der Waals surface area contributed by atoms with Gasteiger partial charge in [-0.3, -0.25) is 9.97 Å². The zero-order valence-corrected chi connectivity index (χ0v) is 52.5. The van der Waals surface area contributed by atoms with E-state index in [1.54, 1.807) is 24.8 Å². The minimum Gasteiger partial charge on any atom is -0.405 e. The Morgan fingerprint density at radius 2 is 0.580 bits per heavy atom. The van der Waals surface area contributed by atoms with Crippen molar-refractivity contribution in [2.75, 3.05) is 0 Å². The van der Waals surface area contributed by atoms with Crippen LogP contribution >= 0.6 is 11.6 Å². The van der Waals surface area contributed by atoms with Crippen LogP contribution in [0.25, 0.3) is 90.6 Å². The van der Waals surface area contributed by atoms with E-state index < -0.39 is 21.1 Å². The average Bonchev–Trinajstić information content (AvgIpc) is 1.72. The Kier molecular flexibility index (Phi) is 17.3. The van der Waals surface area contributed by atoms with Crippen LogP contribution in [-0.4, -0.2) is 94.6 Å². The second kappa shape index (κ2) is 24.8. The molecule has 0 bridgehead atoms. The summed E-state index contributed by atoms with van der Waals surface area (Å²) in [6, 6.07) is 60.1. The van der Waals surface area contributed by atoms with Crippen LogP contribution in [-0.2, 0) is 27.9 Å². The van der Waals surface area contributed by atoms with Gasteiger partial charge in [0, 0.05) is 63.2 Å². The second-order valence-corrected chi connectivity index (χ2v) is 25.4. The predicted octanol–water partition coefficient (Wildman–Crippen LogP) is 15.1. The second-order valence-electron chi connectivity index (χ2n) is 25.0. The number of hydrogen-bond acceptors (Lipinski definition) is 14. The average molecular weight is 1190 g/mol. The van der Waals surface area contributed by atoms with Gasteiger partial charge >= 0.3 is 21.1 Å². The topological polar surface area (TPSA) is 158 Å². The Labute approximate surface area is 522 Å². The molecule has 6 aromatic carbocycles. The molecule has 442 valence electrons. The predicted molar refractivity (Wildman–Crippen MR) is 352 cm³/mol. The summed E-state index contributed by atoms with van der Waals surface area (Å²) in [6.07, 6.45) is 7.00. The van der Waals surface area contributed by atoms with Crippen molar-refractivity contribution in [1.29, 1.82) is 0 Å². The molecule has 4 aromatic heterocycles. The Balaban J connectivity index is 0.000000146. The highest BCUT2D eigenvalue weighted by Crippen LogP contribution is 2.43. The number of hydrogen-bond donors (Lipinski definition) is 0. The summed E-state index contributed by atoms with van der Waals surface area (Å²) in [5.74, 6) is 3.66. The summed E-state index contributed by atoms with van der Waals surface area (Å²) in [4.78, 5) is 37.0. The van der Waals surface area contributed by atoms with Crippen LogP contribution in [0.15, 0.2) is 207 Å². The van der Waals surface area contributed by atoms with Crippen molar-refractivity contribution in [1.82, 2.24) is 39.9 Å². The summed E-state index contributed by atoms with van der Waals surface area (Å²) < 4.78 is 36.4. The number of nitrogens with zero attached hydrogens (tertiary/aromatic N) is 8. The highest BCUT2D eigenvalue weighted by Gasteiger charge is 2.64.